The molecular formula is C14H22N2O. The Balaban J connectivity index is 2.91. The molecule has 0 aliphatic heterocycles. The fourth-order valence-corrected chi connectivity index (χ4v) is 2.27. The van der Waals surface area contributed by atoms with Crippen LogP contribution in [0.25, 0.3) is 0 Å². The molecule has 1 aromatic carbocycles. The molecule has 0 aromatic heterocycles. The van der Waals surface area contributed by atoms with E-state index in [4.69, 9.17) is 0 Å². The van der Waals surface area contributed by atoms with Crippen LogP contribution < -0.4 is 10.2 Å². The maximum Gasteiger partial charge on any atom is 0.214 e. The van der Waals surface area contributed by atoms with Gasteiger partial charge in [-0.1, -0.05) is 17.7 Å². The standard InChI is InChI=1S/C14H22N2O/c1-11-8-12(2)14(13(3)9-11)16(10-17)7-5-6-15-4/h8-10,15H,5-7H2,1-4H3. The third-order valence-corrected chi connectivity index (χ3v) is 2.88. The molecular weight excluding hydrogens is 212 g/mol. The number of anilines is 1. The zero-order chi connectivity index (χ0) is 12.8. The van der Waals surface area contributed by atoms with Gasteiger partial charge in [0.15, 0.2) is 0 Å². The minimum absolute atomic E-state index is 0.759. The van der Waals surface area contributed by atoms with Crippen molar-refractivity contribution in [2.45, 2.75) is 27.2 Å². The summed E-state index contributed by atoms with van der Waals surface area (Å²) >= 11 is 0. The Morgan fingerprint density at radius 3 is 2.29 bits per heavy atom. The molecule has 3 heteroatoms. The van der Waals surface area contributed by atoms with Crippen molar-refractivity contribution in [3.8, 4) is 0 Å². The van der Waals surface area contributed by atoms with E-state index in [2.05, 4.69) is 38.2 Å². The smallest absolute Gasteiger partial charge is 0.214 e. The molecule has 0 radical (unpaired) electrons. The van der Waals surface area contributed by atoms with Crippen LogP contribution >= 0.6 is 0 Å². The second-order valence-corrected chi connectivity index (χ2v) is 4.50. The first-order chi connectivity index (χ1) is 8.10. The van der Waals surface area contributed by atoms with Crippen molar-refractivity contribution in [1.82, 2.24) is 5.32 Å². The zero-order valence-corrected chi connectivity index (χ0v) is 11.2. The second-order valence-electron chi connectivity index (χ2n) is 4.50. The van der Waals surface area contributed by atoms with E-state index in [1.165, 1.54) is 16.7 Å². The molecule has 1 aromatic rings. The Labute approximate surface area is 104 Å². The van der Waals surface area contributed by atoms with Crippen molar-refractivity contribution >= 4 is 12.1 Å². The minimum atomic E-state index is 0.759. The molecule has 0 spiro atoms. The molecule has 0 unspecified atom stereocenters. The molecule has 1 rings (SSSR count). The molecule has 0 aliphatic carbocycles. The van der Waals surface area contributed by atoms with Crippen LogP contribution in [0.5, 0.6) is 0 Å². The quantitative estimate of drug-likeness (QED) is 0.604. The summed E-state index contributed by atoms with van der Waals surface area (Å²) in [5.74, 6) is 0. The number of nitrogens with zero attached hydrogens (tertiary/aromatic N) is 1. The number of benzene rings is 1. The monoisotopic (exact) mass is 234 g/mol. The van der Waals surface area contributed by atoms with Crippen molar-refractivity contribution in [3.63, 3.8) is 0 Å². The van der Waals surface area contributed by atoms with Crippen LogP contribution in [0, 0.1) is 20.8 Å². The summed E-state index contributed by atoms with van der Waals surface area (Å²) in [4.78, 5) is 13.0. The van der Waals surface area contributed by atoms with E-state index in [1.807, 2.05) is 7.05 Å². The van der Waals surface area contributed by atoms with Crippen molar-refractivity contribution < 1.29 is 4.79 Å². The van der Waals surface area contributed by atoms with Crippen molar-refractivity contribution in [2.24, 2.45) is 0 Å². The molecule has 1 N–H and O–H groups in total. The van der Waals surface area contributed by atoms with Crippen molar-refractivity contribution in [1.29, 1.82) is 0 Å². The molecule has 0 atom stereocenters. The fraction of sp³-hybridized carbons (Fsp3) is 0.500. The normalized spacial score (nSPS) is 10.4. The van der Waals surface area contributed by atoms with E-state index in [0.29, 0.717) is 0 Å². The number of nitrogens with one attached hydrogen (secondary N) is 1. The first-order valence-corrected chi connectivity index (χ1v) is 6.04. The van der Waals surface area contributed by atoms with Gasteiger partial charge in [-0.05, 0) is 51.9 Å². The average Bonchev–Trinajstić information content (AvgIpc) is 2.25. The Bertz CT molecular complexity index is 365. The molecule has 0 heterocycles. The molecule has 1 amide bonds. The average molecular weight is 234 g/mol. The van der Waals surface area contributed by atoms with Crippen LogP contribution in [-0.4, -0.2) is 26.5 Å². The largest absolute Gasteiger partial charge is 0.320 e. The van der Waals surface area contributed by atoms with Gasteiger partial charge in [-0.2, -0.15) is 0 Å². The van der Waals surface area contributed by atoms with Crippen LogP contribution in [0.4, 0.5) is 5.69 Å². The van der Waals surface area contributed by atoms with Gasteiger partial charge in [-0.25, -0.2) is 0 Å². The van der Waals surface area contributed by atoms with Gasteiger partial charge in [0.2, 0.25) is 6.41 Å². The summed E-state index contributed by atoms with van der Waals surface area (Å²) in [6, 6.07) is 4.24. The fourth-order valence-electron chi connectivity index (χ4n) is 2.27. The van der Waals surface area contributed by atoms with Gasteiger partial charge >= 0.3 is 0 Å². The van der Waals surface area contributed by atoms with Gasteiger partial charge in [-0.15, -0.1) is 0 Å². The van der Waals surface area contributed by atoms with Crippen molar-refractivity contribution in [3.05, 3.63) is 28.8 Å². The number of rotatable bonds is 6. The molecule has 0 bridgehead atoms. The summed E-state index contributed by atoms with van der Waals surface area (Å²) in [5.41, 5.74) is 4.63. The lowest BCUT2D eigenvalue weighted by atomic mass is 10.0. The first kappa shape index (κ1) is 13.7. The highest BCUT2D eigenvalue weighted by Crippen LogP contribution is 2.25. The van der Waals surface area contributed by atoms with Crippen molar-refractivity contribution in [2.75, 3.05) is 25.0 Å². The van der Waals surface area contributed by atoms with Crippen LogP contribution in [0.15, 0.2) is 12.1 Å². The Hall–Kier alpha value is -1.35. The molecule has 0 fully saturated rings. The van der Waals surface area contributed by atoms with E-state index in [1.54, 1.807) is 4.90 Å². The Kier molecular flexibility index (Phi) is 5.16. The number of carbonyl (C=O) groups is 1. The highest BCUT2D eigenvalue weighted by atomic mass is 16.1. The number of hydrogen-bond donors (Lipinski definition) is 1. The number of aryl methyl sites for hydroxylation is 3. The lowest BCUT2D eigenvalue weighted by Crippen LogP contribution is -2.26. The maximum absolute atomic E-state index is 11.2. The highest BCUT2D eigenvalue weighted by molar-refractivity contribution is 5.79. The van der Waals surface area contributed by atoms with Gasteiger partial charge in [0.1, 0.15) is 0 Å². The zero-order valence-electron chi connectivity index (χ0n) is 11.2. The number of hydrogen-bond acceptors (Lipinski definition) is 2. The molecule has 17 heavy (non-hydrogen) atoms. The molecule has 0 saturated heterocycles. The third kappa shape index (κ3) is 3.56. The summed E-state index contributed by atoms with van der Waals surface area (Å²) in [6.07, 6.45) is 1.89. The molecule has 0 saturated carbocycles. The Morgan fingerprint density at radius 1 is 1.24 bits per heavy atom. The number of amides is 1. The van der Waals surface area contributed by atoms with E-state index in [9.17, 15) is 4.79 Å². The molecule has 94 valence electrons. The van der Waals surface area contributed by atoms with E-state index in [-0.39, 0.29) is 0 Å². The topological polar surface area (TPSA) is 32.3 Å². The van der Waals surface area contributed by atoms with Gasteiger partial charge in [-0.3, -0.25) is 4.79 Å². The van der Waals surface area contributed by atoms with Gasteiger partial charge in [0.05, 0.1) is 0 Å². The predicted octanol–water partition coefficient (Wildman–Crippen LogP) is 2.18. The summed E-state index contributed by atoms with van der Waals surface area (Å²) in [7, 11) is 1.92. The highest BCUT2D eigenvalue weighted by Gasteiger charge is 2.11. The Morgan fingerprint density at radius 2 is 1.82 bits per heavy atom. The van der Waals surface area contributed by atoms with Crippen LogP contribution in [-0.2, 0) is 4.79 Å². The lowest BCUT2D eigenvalue weighted by molar-refractivity contribution is -0.107. The summed E-state index contributed by atoms with van der Waals surface area (Å²) in [6.45, 7) is 7.88. The number of carbonyl (C=O) groups excluding carboxylic acids is 1. The molecule has 0 aliphatic rings. The third-order valence-electron chi connectivity index (χ3n) is 2.88. The van der Waals surface area contributed by atoms with Crippen LogP contribution in [0.2, 0.25) is 0 Å². The lowest BCUT2D eigenvalue weighted by Gasteiger charge is -2.22. The summed E-state index contributed by atoms with van der Waals surface area (Å²) in [5, 5.41) is 3.09. The predicted molar refractivity (Wildman–Crippen MR) is 72.6 cm³/mol. The van der Waals surface area contributed by atoms with Gasteiger partial charge < -0.3 is 10.2 Å². The SMILES string of the molecule is CNCCCN(C=O)c1c(C)cc(C)cc1C. The van der Waals surface area contributed by atoms with E-state index in [0.717, 1.165) is 31.6 Å². The molecule has 3 nitrogen and oxygen atoms in total. The van der Waals surface area contributed by atoms with Crippen LogP contribution in [0.1, 0.15) is 23.1 Å². The van der Waals surface area contributed by atoms with Crippen LogP contribution in [0.3, 0.4) is 0 Å². The first-order valence-electron chi connectivity index (χ1n) is 6.04. The second kappa shape index (κ2) is 6.40. The maximum atomic E-state index is 11.2. The van der Waals surface area contributed by atoms with Gasteiger partial charge in [0, 0.05) is 12.2 Å². The van der Waals surface area contributed by atoms with E-state index >= 15 is 0 Å². The van der Waals surface area contributed by atoms with E-state index < -0.39 is 0 Å². The van der Waals surface area contributed by atoms with Gasteiger partial charge in [0.25, 0.3) is 0 Å². The minimum Gasteiger partial charge on any atom is -0.320 e. The summed E-state index contributed by atoms with van der Waals surface area (Å²) < 4.78 is 0.